The van der Waals surface area contributed by atoms with E-state index in [4.69, 9.17) is 9.97 Å². The Hall–Kier alpha value is -4.15. The van der Waals surface area contributed by atoms with Gasteiger partial charge in [0.15, 0.2) is 5.82 Å². The molecule has 4 N–H and O–H groups in total. The molecule has 0 spiro atoms. The molecule has 5 heterocycles. The molecule has 3 fully saturated rings. The number of hydrogen-bond donors (Lipinski definition) is 4. The Morgan fingerprint density at radius 3 is 2.54 bits per heavy atom. The van der Waals surface area contributed by atoms with E-state index in [-0.39, 0.29) is 18.1 Å². The average Bonchev–Trinajstić information content (AvgIpc) is 3.33. The van der Waals surface area contributed by atoms with Crippen molar-refractivity contribution in [3.8, 4) is 11.1 Å². The molecule has 1 saturated carbocycles. The van der Waals surface area contributed by atoms with Gasteiger partial charge in [-0.1, -0.05) is 6.07 Å². The number of carboxylic acid groups (broad SMARTS) is 1. The first-order chi connectivity index (χ1) is 18.0. The molecule has 37 heavy (non-hydrogen) atoms. The molecule has 11 nitrogen and oxygen atoms in total. The quantitative estimate of drug-likeness (QED) is 0.300. The Labute approximate surface area is 213 Å². The predicted octanol–water partition coefficient (Wildman–Crippen LogP) is 4.69. The highest BCUT2D eigenvalue weighted by atomic mass is 16.4. The summed E-state index contributed by atoms with van der Waals surface area (Å²) in [6.07, 6.45) is 8.93. The SMILES string of the molecule is Cc1cc(Nc2nc(NC3CC4CCC(C3)N4C(=O)O)nc3cc(-c4cnn(C5CC5)c4)ccc23)n[nH]1. The van der Waals surface area contributed by atoms with Crippen LogP contribution in [-0.4, -0.2) is 64.2 Å². The smallest absolute Gasteiger partial charge is 0.407 e. The van der Waals surface area contributed by atoms with Crippen molar-refractivity contribution in [1.82, 2.24) is 34.8 Å². The second kappa shape index (κ2) is 8.46. The number of H-pyrrole nitrogens is 1. The molecule has 190 valence electrons. The van der Waals surface area contributed by atoms with Crippen LogP contribution in [0.25, 0.3) is 22.0 Å². The monoisotopic (exact) mass is 499 g/mol. The maximum atomic E-state index is 11.7. The van der Waals surface area contributed by atoms with Crippen LogP contribution in [0.2, 0.25) is 0 Å². The summed E-state index contributed by atoms with van der Waals surface area (Å²) in [7, 11) is 0. The Bertz CT molecular complexity index is 1480. The number of benzene rings is 1. The van der Waals surface area contributed by atoms with Gasteiger partial charge in [0.1, 0.15) is 5.82 Å². The number of fused-ring (bicyclic) bond motifs is 3. The van der Waals surface area contributed by atoms with E-state index in [0.717, 1.165) is 53.4 Å². The minimum Gasteiger partial charge on any atom is -0.465 e. The minimum atomic E-state index is -0.814. The summed E-state index contributed by atoms with van der Waals surface area (Å²) >= 11 is 0. The van der Waals surface area contributed by atoms with Crippen molar-refractivity contribution in [2.75, 3.05) is 10.6 Å². The summed E-state index contributed by atoms with van der Waals surface area (Å²) in [6, 6.07) is 8.87. The van der Waals surface area contributed by atoms with Crippen LogP contribution in [0, 0.1) is 6.92 Å². The fourth-order valence-corrected chi connectivity index (χ4v) is 5.89. The summed E-state index contributed by atoms with van der Waals surface area (Å²) in [4.78, 5) is 23.1. The van der Waals surface area contributed by atoms with Gasteiger partial charge in [-0.3, -0.25) is 9.78 Å². The van der Waals surface area contributed by atoms with Gasteiger partial charge in [0.05, 0.1) is 17.8 Å². The zero-order chi connectivity index (χ0) is 25.1. The number of anilines is 3. The molecule has 1 aromatic carbocycles. The molecule has 2 saturated heterocycles. The first-order valence-corrected chi connectivity index (χ1v) is 12.9. The Morgan fingerprint density at radius 2 is 1.84 bits per heavy atom. The van der Waals surface area contributed by atoms with E-state index < -0.39 is 6.09 Å². The van der Waals surface area contributed by atoms with Crippen molar-refractivity contribution in [1.29, 1.82) is 0 Å². The molecule has 0 radical (unpaired) electrons. The lowest BCUT2D eigenvalue weighted by atomic mass is 9.98. The molecule has 3 aromatic heterocycles. The third-order valence-electron chi connectivity index (χ3n) is 7.79. The van der Waals surface area contributed by atoms with E-state index >= 15 is 0 Å². The van der Waals surface area contributed by atoms with Crippen LogP contribution in [0.3, 0.4) is 0 Å². The van der Waals surface area contributed by atoms with Gasteiger partial charge in [-0.2, -0.15) is 15.2 Å². The number of aromatic nitrogens is 6. The molecule has 1 aliphatic carbocycles. The standard InChI is InChI=1S/C26H29N9O2/c1-14-8-23(33-32-14)30-24-21-7-2-15(16-12-27-34(13-16)18-3-4-18)9-22(21)29-25(31-24)28-17-10-19-5-6-20(11-17)35(19)26(36)37/h2,7-9,12-13,17-20H,3-6,10-11H2,1H3,(H,36,37)(H3,28,29,30,31,32,33). The molecule has 2 unspecified atom stereocenters. The number of carbonyl (C=O) groups is 1. The van der Waals surface area contributed by atoms with Crippen molar-refractivity contribution < 1.29 is 9.90 Å². The van der Waals surface area contributed by atoms with Crippen LogP contribution < -0.4 is 10.6 Å². The number of aromatic amines is 1. The average molecular weight is 500 g/mol. The summed E-state index contributed by atoms with van der Waals surface area (Å²) in [5.74, 6) is 1.89. The van der Waals surface area contributed by atoms with Crippen LogP contribution in [0.5, 0.6) is 0 Å². The highest BCUT2D eigenvalue weighted by molar-refractivity contribution is 5.94. The fraction of sp³-hybridized carbons (Fsp3) is 0.423. The lowest BCUT2D eigenvalue weighted by molar-refractivity contribution is 0.0993. The first-order valence-electron chi connectivity index (χ1n) is 12.9. The molecule has 7 rings (SSSR count). The summed E-state index contributed by atoms with van der Waals surface area (Å²) in [5, 5.41) is 29.2. The number of nitrogens with one attached hydrogen (secondary N) is 3. The Morgan fingerprint density at radius 1 is 1.05 bits per heavy atom. The van der Waals surface area contributed by atoms with Crippen LogP contribution in [-0.2, 0) is 0 Å². The molecule has 3 aliphatic rings. The van der Waals surface area contributed by atoms with Crippen molar-refractivity contribution in [3.63, 3.8) is 0 Å². The maximum absolute atomic E-state index is 11.7. The highest BCUT2D eigenvalue weighted by Gasteiger charge is 2.43. The molecule has 4 aromatic rings. The van der Waals surface area contributed by atoms with Gasteiger partial charge in [-0.25, -0.2) is 9.78 Å². The molecule has 2 bridgehead atoms. The largest absolute Gasteiger partial charge is 0.465 e. The van der Waals surface area contributed by atoms with Crippen LogP contribution >= 0.6 is 0 Å². The lowest BCUT2D eigenvalue weighted by Crippen LogP contribution is -2.49. The third-order valence-corrected chi connectivity index (χ3v) is 7.79. The fourth-order valence-electron chi connectivity index (χ4n) is 5.89. The van der Waals surface area contributed by atoms with Crippen molar-refractivity contribution in [2.24, 2.45) is 0 Å². The summed E-state index contributed by atoms with van der Waals surface area (Å²) < 4.78 is 2.05. The summed E-state index contributed by atoms with van der Waals surface area (Å²) in [6.45, 7) is 1.95. The third kappa shape index (κ3) is 4.13. The van der Waals surface area contributed by atoms with Gasteiger partial charge < -0.3 is 20.6 Å². The van der Waals surface area contributed by atoms with Gasteiger partial charge in [-0.15, -0.1) is 0 Å². The highest BCUT2D eigenvalue weighted by Crippen LogP contribution is 2.38. The minimum absolute atomic E-state index is 0.0495. The number of aryl methyl sites for hydroxylation is 1. The predicted molar refractivity (Wildman–Crippen MR) is 139 cm³/mol. The van der Waals surface area contributed by atoms with Gasteiger partial charge in [0.25, 0.3) is 0 Å². The van der Waals surface area contributed by atoms with Crippen LogP contribution in [0.4, 0.5) is 22.4 Å². The van der Waals surface area contributed by atoms with Gasteiger partial charge in [0, 0.05) is 47.0 Å². The van der Waals surface area contributed by atoms with E-state index in [1.807, 2.05) is 25.3 Å². The second-order valence-corrected chi connectivity index (χ2v) is 10.5. The number of piperidine rings is 1. The Kier molecular flexibility index (Phi) is 5.05. The molecular formula is C26H29N9O2. The Balaban J connectivity index is 1.22. The maximum Gasteiger partial charge on any atom is 0.407 e. The molecule has 2 atom stereocenters. The van der Waals surface area contributed by atoms with Gasteiger partial charge >= 0.3 is 6.09 Å². The van der Waals surface area contributed by atoms with Crippen LogP contribution in [0.1, 0.15) is 50.3 Å². The zero-order valence-electron chi connectivity index (χ0n) is 20.6. The number of rotatable bonds is 6. The molecule has 11 heteroatoms. The summed E-state index contributed by atoms with van der Waals surface area (Å²) in [5.41, 5.74) is 3.89. The zero-order valence-corrected chi connectivity index (χ0v) is 20.6. The normalized spacial score (nSPS) is 22.9. The van der Waals surface area contributed by atoms with Gasteiger partial charge in [-0.05, 0) is 63.1 Å². The number of amides is 1. The molecular weight excluding hydrogens is 470 g/mol. The molecule has 1 amide bonds. The topological polar surface area (TPSA) is 137 Å². The van der Waals surface area contributed by atoms with E-state index in [1.54, 1.807) is 4.90 Å². The van der Waals surface area contributed by atoms with Crippen molar-refractivity contribution in [2.45, 2.75) is 69.6 Å². The number of nitrogens with zero attached hydrogens (tertiary/aromatic N) is 6. The number of hydrogen-bond acceptors (Lipinski definition) is 7. The lowest BCUT2D eigenvalue weighted by Gasteiger charge is -2.37. The van der Waals surface area contributed by atoms with Crippen molar-refractivity contribution >= 4 is 34.6 Å². The van der Waals surface area contributed by atoms with E-state index in [1.165, 1.54) is 12.8 Å². The van der Waals surface area contributed by atoms with E-state index in [2.05, 4.69) is 48.9 Å². The first kappa shape index (κ1) is 22.1. The van der Waals surface area contributed by atoms with Crippen LogP contribution in [0.15, 0.2) is 36.7 Å². The van der Waals surface area contributed by atoms with E-state index in [0.29, 0.717) is 23.6 Å². The van der Waals surface area contributed by atoms with E-state index in [9.17, 15) is 9.90 Å². The van der Waals surface area contributed by atoms with Gasteiger partial charge in [0.2, 0.25) is 5.95 Å². The molecule has 2 aliphatic heterocycles. The van der Waals surface area contributed by atoms with Crippen molar-refractivity contribution in [3.05, 3.63) is 42.4 Å². The second-order valence-electron chi connectivity index (χ2n) is 10.5.